The van der Waals surface area contributed by atoms with E-state index < -0.39 is 28.7 Å². The maximum absolute atomic E-state index is 12.6. The van der Waals surface area contributed by atoms with Crippen molar-refractivity contribution < 1.29 is 22.5 Å². The molecule has 2 aromatic rings. The maximum Gasteiger partial charge on any atom is 0.333 e. The Balaban J connectivity index is 0.000000245. The third-order valence-corrected chi connectivity index (χ3v) is 7.53. The van der Waals surface area contributed by atoms with E-state index >= 15 is 0 Å². The summed E-state index contributed by atoms with van der Waals surface area (Å²) in [4.78, 5) is 20.5. The van der Waals surface area contributed by atoms with Gasteiger partial charge in [0.15, 0.2) is 0 Å². The predicted molar refractivity (Wildman–Crippen MR) is 125 cm³/mol. The Morgan fingerprint density at radius 3 is 2.45 bits per heavy atom. The van der Waals surface area contributed by atoms with Gasteiger partial charge in [0.25, 0.3) is 6.43 Å². The summed E-state index contributed by atoms with van der Waals surface area (Å²) in [5, 5.41) is 0.267. The first kappa shape index (κ1) is 26.7. The summed E-state index contributed by atoms with van der Waals surface area (Å²) in [5.74, 6) is -0.511. The standard InChI is InChI=1S/C12H11ClF2N2O2.C10H16N2OS/c13-10-2-1-8(4-16-10)5-17(6-11(14)15)9-3-12(18)19-7-9;1-8-5-6-10(7-12-8)9(2)14(4,13)11-3/h1-4,11H,5-7H2;5-7,9H,1-4H3. The van der Waals surface area contributed by atoms with Gasteiger partial charge in [0.2, 0.25) is 0 Å². The molecule has 0 N–H and O–H groups in total. The predicted octanol–water partition coefficient (Wildman–Crippen LogP) is 4.42. The quantitative estimate of drug-likeness (QED) is 0.413. The van der Waals surface area contributed by atoms with Crippen molar-refractivity contribution in [2.24, 2.45) is 4.36 Å². The molecule has 2 aromatic heterocycles. The molecule has 0 saturated heterocycles. The average molecular weight is 501 g/mol. The van der Waals surface area contributed by atoms with Crippen LogP contribution in [0.15, 0.2) is 52.8 Å². The van der Waals surface area contributed by atoms with E-state index in [1.807, 2.05) is 26.0 Å². The van der Waals surface area contributed by atoms with E-state index in [1.165, 1.54) is 17.2 Å². The molecule has 11 heteroatoms. The zero-order valence-electron chi connectivity index (χ0n) is 18.9. The van der Waals surface area contributed by atoms with Gasteiger partial charge >= 0.3 is 5.97 Å². The van der Waals surface area contributed by atoms with Crippen LogP contribution in [-0.2, 0) is 25.8 Å². The highest BCUT2D eigenvalue weighted by atomic mass is 35.5. The van der Waals surface area contributed by atoms with E-state index in [-0.39, 0.29) is 18.4 Å². The molecule has 0 bridgehead atoms. The third-order valence-electron chi connectivity index (χ3n) is 5.00. The molecule has 1 aliphatic heterocycles. The number of carbonyl (C=O) groups is 1. The molecule has 0 amide bonds. The first-order valence-corrected chi connectivity index (χ1v) is 12.4. The summed E-state index contributed by atoms with van der Waals surface area (Å²) in [7, 11) is -0.531. The minimum absolute atomic E-state index is 0.0204. The molecular weight excluding hydrogens is 474 g/mol. The minimum Gasteiger partial charge on any atom is -0.456 e. The topological polar surface area (TPSA) is 84.8 Å². The lowest BCUT2D eigenvalue weighted by Gasteiger charge is -2.24. The molecule has 2 atom stereocenters. The Labute approximate surface area is 198 Å². The van der Waals surface area contributed by atoms with Crippen molar-refractivity contribution in [2.75, 3.05) is 26.5 Å². The summed E-state index contributed by atoms with van der Waals surface area (Å²) in [5.41, 5.74) is 3.12. The number of pyridine rings is 2. The fraction of sp³-hybridized carbons (Fsp3) is 0.409. The molecule has 180 valence electrons. The number of hydrogen-bond donors (Lipinski definition) is 0. The molecule has 0 spiro atoms. The van der Waals surface area contributed by atoms with Crippen LogP contribution in [0.3, 0.4) is 0 Å². The van der Waals surface area contributed by atoms with E-state index in [0.29, 0.717) is 10.9 Å². The second-order valence-electron chi connectivity index (χ2n) is 7.42. The van der Waals surface area contributed by atoms with Crippen LogP contribution < -0.4 is 0 Å². The van der Waals surface area contributed by atoms with Gasteiger partial charge in [-0.15, -0.1) is 0 Å². The zero-order valence-corrected chi connectivity index (χ0v) is 20.4. The monoisotopic (exact) mass is 500 g/mol. The van der Waals surface area contributed by atoms with Gasteiger partial charge in [-0.3, -0.25) is 4.98 Å². The van der Waals surface area contributed by atoms with Gasteiger partial charge < -0.3 is 9.64 Å². The van der Waals surface area contributed by atoms with Gasteiger partial charge in [0.1, 0.15) is 11.8 Å². The van der Waals surface area contributed by atoms with E-state index in [0.717, 1.165) is 16.8 Å². The number of aryl methyl sites for hydroxylation is 1. The number of esters is 1. The molecule has 0 radical (unpaired) electrons. The first-order valence-electron chi connectivity index (χ1n) is 10.0. The molecule has 0 aromatic carbocycles. The molecule has 0 fully saturated rings. The molecule has 33 heavy (non-hydrogen) atoms. The number of carbonyl (C=O) groups excluding carboxylic acids is 1. The number of rotatable bonds is 7. The van der Waals surface area contributed by atoms with E-state index in [9.17, 15) is 17.8 Å². The number of cyclic esters (lactones) is 1. The molecule has 1 aliphatic rings. The summed E-state index contributed by atoms with van der Waals surface area (Å²) in [6.45, 7) is 3.62. The summed E-state index contributed by atoms with van der Waals surface area (Å²) < 4.78 is 45.7. The molecular formula is C22H27ClF2N4O3S. The van der Waals surface area contributed by atoms with Crippen LogP contribution in [0, 0.1) is 6.92 Å². The Hall–Kier alpha value is -2.59. The highest BCUT2D eigenvalue weighted by molar-refractivity contribution is 7.93. The molecule has 0 saturated carbocycles. The number of alkyl halides is 2. The van der Waals surface area contributed by atoms with Gasteiger partial charge in [-0.1, -0.05) is 23.7 Å². The molecule has 2 unspecified atom stereocenters. The van der Waals surface area contributed by atoms with Crippen LogP contribution in [0.5, 0.6) is 0 Å². The van der Waals surface area contributed by atoms with E-state index in [2.05, 4.69) is 14.3 Å². The minimum atomic E-state index is -2.50. The Morgan fingerprint density at radius 1 is 1.24 bits per heavy atom. The largest absolute Gasteiger partial charge is 0.456 e. The maximum atomic E-state index is 12.6. The number of nitrogens with zero attached hydrogens (tertiary/aromatic N) is 4. The lowest BCUT2D eigenvalue weighted by Crippen LogP contribution is -2.28. The number of hydrogen-bond acceptors (Lipinski definition) is 7. The summed E-state index contributed by atoms with van der Waals surface area (Å²) in [6.07, 6.45) is 3.69. The summed E-state index contributed by atoms with van der Waals surface area (Å²) >= 11 is 5.66. The van der Waals surface area contributed by atoms with Crippen molar-refractivity contribution >= 4 is 27.3 Å². The van der Waals surface area contributed by atoms with Crippen molar-refractivity contribution in [1.82, 2.24) is 14.9 Å². The lowest BCUT2D eigenvalue weighted by atomic mass is 10.2. The fourth-order valence-electron chi connectivity index (χ4n) is 2.85. The molecule has 3 rings (SSSR count). The van der Waals surface area contributed by atoms with Crippen LogP contribution in [-0.4, -0.2) is 57.9 Å². The van der Waals surface area contributed by atoms with Crippen molar-refractivity contribution in [1.29, 1.82) is 0 Å². The van der Waals surface area contributed by atoms with Crippen molar-refractivity contribution in [3.8, 4) is 0 Å². The second-order valence-corrected chi connectivity index (χ2v) is 10.6. The van der Waals surface area contributed by atoms with Crippen LogP contribution >= 0.6 is 11.6 Å². The fourth-order valence-corrected chi connectivity index (χ4v) is 3.92. The van der Waals surface area contributed by atoms with Crippen LogP contribution in [0.25, 0.3) is 0 Å². The van der Waals surface area contributed by atoms with Crippen molar-refractivity contribution in [2.45, 2.75) is 32.1 Å². The van der Waals surface area contributed by atoms with Crippen LogP contribution in [0.4, 0.5) is 8.78 Å². The van der Waals surface area contributed by atoms with Gasteiger partial charge in [-0.2, -0.15) is 0 Å². The van der Waals surface area contributed by atoms with Crippen LogP contribution in [0.2, 0.25) is 5.15 Å². The molecule has 7 nitrogen and oxygen atoms in total. The van der Waals surface area contributed by atoms with Gasteiger partial charge in [-0.05, 0) is 37.1 Å². The Bertz CT molecular complexity index is 1090. The molecule has 0 aliphatic carbocycles. The third kappa shape index (κ3) is 8.36. The van der Waals surface area contributed by atoms with Gasteiger partial charge in [-0.25, -0.2) is 27.1 Å². The van der Waals surface area contributed by atoms with Gasteiger partial charge in [0, 0.05) is 44.0 Å². The van der Waals surface area contributed by atoms with Crippen molar-refractivity contribution in [3.63, 3.8) is 0 Å². The SMILES string of the molecule is CN=S(C)(=O)C(C)c1ccc(C)nc1.O=C1C=C(N(Cc2ccc(Cl)nc2)CC(F)F)CO1. The highest BCUT2D eigenvalue weighted by Gasteiger charge is 2.22. The number of aromatic nitrogens is 2. The van der Waals surface area contributed by atoms with Gasteiger partial charge in [0.05, 0.1) is 27.2 Å². The zero-order chi connectivity index (χ0) is 24.6. The normalized spacial score (nSPS) is 15.6. The number of halogens is 3. The Kier molecular flexibility index (Phi) is 9.72. The first-order chi connectivity index (χ1) is 15.5. The highest BCUT2D eigenvalue weighted by Crippen LogP contribution is 2.21. The average Bonchev–Trinajstić information content (AvgIpc) is 3.21. The summed E-state index contributed by atoms with van der Waals surface area (Å²) in [6, 6.07) is 7.17. The van der Waals surface area contributed by atoms with Crippen molar-refractivity contribution in [3.05, 3.63) is 70.4 Å². The smallest absolute Gasteiger partial charge is 0.333 e. The Morgan fingerprint density at radius 2 is 1.97 bits per heavy atom. The van der Waals surface area contributed by atoms with Crippen LogP contribution in [0.1, 0.15) is 29.0 Å². The number of ether oxygens (including phenoxy) is 1. The molecule has 3 heterocycles. The van der Waals surface area contributed by atoms with E-state index in [1.54, 1.807) is 31.6 Å². The second kappa shape index (κ2) is 12.0. The lowest BCUT2D eigenvalue weighted by molar-refractivity contribution is -0.135. The van der Waals surface area contributed by atoms with E-state index in [4.69, 9.17) is 16.3 Å².